The molecule has 0 radical (unpaired) electrons. The lowest BCUT2D eigenvalue weighted by Crippen LogP contribution is -2.34. The second kappa shape index (κ2) is 7.75. The number of carbonyl (C=O) groups is 2. The van der Waals surface area contributed by atoms with Crippen LogP contribution in [0.25, 0.3) is 0 Å². The van der Waals surface area contributed by atoms with E-state index < -0.39 is 5.41 Å². The summed E-state index contributed by atoms with van der Waals surface area (Å²) in [5, 5.41) is 17.6. The third-order valence-electron chi connectivity index (χ3n) is 5.27. The number of aromatic nitrogens is 4. The molecule has 6 N–H and O–H groups in total. The molecule has 1 aliphatic rings. The third-order valence-corrected chi connectivity index (χ3v) is 7.70. The fraction of sp³-hybridized carbons (Fsp3) is 0.389. The molecule has 1 atom stereocenters. The zero-order valence-corrected chi connectivity index (χ0v) is 17.5. The van der Waals surface area contributed by atoms with Gasteiger partial charge in [0.15, 0.2) is 11.6 Å². The molecule has 1 aliphatic carbocycles. The number of nitrogens with two attached hydrogens (primary N) is 2. The quantitative estimate of drug-likeness (QED) is 0.417. The first-order valence-corrected chi connectivity index (χ1v) is 10.8. The smallest absolute Gasteiger partial charge is 0.261 e. The fourth-order valence-corrected chi connectivity index (χ4v) is 6.35. The summed E-state index contributed by atoms with van der Waals surface area (Å²) in [7, 11) is 1.61. The van der Waals surface area contributed by atoms with E-state index in [4.69, 9.17) is 11.5 Å². The van der Waals surface area contributed by atoms with Crippen LogP contribution in [-0.2, 0) is 18.3 Å². The van der Waals surface area contributed by atoms with Crippen LogP contribution in [0.5, 0.6) is 0 Å². The molecule has 4 rings (SSSR count). The Kier molecular flexibility index (Phi) is 5.30. The number of ketones is 1. The Balaban J connectivity index is 2.02. The number of tetrazole rings is 1. The predicted octanol–water partition coefficient (Wildman–Crippen LogP) is 0.606. The van der Waals surface area contributed by atoms with Gasteiger partial charge in [0.25, 0.3) is 5.91 Å². The van der Waals surface area contributed by atoms with Gasteiger partial charge in [-0.3, -0.25) is 9.59 Å². The monoisotopic (exact) mass is 431 g/mol. The molecule has 3 heterocycles. The van der Waals surface area contributed by atoms with Gasteiger partial charge in [0, 0.05) is 16.8 Å². The van der Waals surface area contributed by atoms with Gasteiger partial charge >= 0.3 is 0 Å². The van der Waals surface area contributed by atoms with E-state index in [1.165, 1.54) is 22.7 Å². The van der Waals surface area contributed by atoms with Gasteiger partial charge < -0.3 is 16.8 Å². The van der Waals surface area contributed by atoms with Crippen LogP contribution in [0.15, 0.2) is 12.1 Å². The van der Waals surface area contributed by atoms with Crippen LogP contribution in [0.2, 0.25) is 0 Å². The Morgan fingerprint density at radius 2 is 1.83 bits per heavy atom. The van der Waals surface area contributed by atoms with E-state index in [2.05, 4.69) is 25.9 Å². The number of nitrogens with one attached hydrogen (secondary N) is 2. The van der Waals surface area contributed by atoms with Crippen LogP contribution in [-0.4, -0.2) is 52.5 Å². The highest BCUT2D eigenvalue weighted by Gasteiger charge is 2.46. The molecule has 9 nitrogen and oxygen atoms in total. The van der Waals surface area contributed by atoms with Crippen molar-refractivity contribution in [3.8, 4) is 0 Å². The van der Waals surface area contributed by atoms with Crippen molar-refractivity contribution in [3.05, 3.63) is 48.6 Å². The Hall–Kier alpha value is -2.47. The average molecular weight is 432 g/mol. The van der Waals surface area contributed by atoms with E-state index in [9.17, 15) is 9.59 Å². The van der Waals surface area contributed by atoms with Crippen molar-refractivity contribution in [3.63, 3.8) is 0 Å². The summed E-state index contributed by atoms with van der Waals surface area (Å²) in [6.07, 6.45) is 2.02. The van der Waals surface area contributed by atoms with Crippen molar-refractivity contribution in [1.29, 1.82) is 0 Å². The normalized spacial score (nSPS) is 18.0. The van der Waals surface area contributed by atoms with Crippen LogP contribution in [0.4, 0.5) is 0 Å². The van der Waals surface area contributed by atoms with Gasteiger partial charge in [-0.25, -0.2) is 0 Å². The first-order valence-electron chi connectivity index (χ1n) is 9.20. The number of H-pyrrole nitrogens is 1. The molecule has 0 aromatic carbocycles. The molecule has 0 saturated heterocycles. The molecule has 152 valence electrons. The van der Waals surface area contributed by atoms with E-state index in [0.717, 1.165) is 33.7 Å². The topological polar surface area (TPSA) is 153 Å². The summed E-state index contributed by atoms with van der Waals surface area (Å²) in [6.45, 7) is 0.324. The number of thiophene rings is 2. The zero-order chi connectivity index (χ0) is 20.6. The van der Waals surface area contributed by atoms with Crippen LogP contribution < -0.4 is 16.8 Å². The molecule has 11 heteroatoms. The predicted molar refractivity (Wildman–Crippen MR) is 111 cm³/mol. The van der Waals surface area contributed by atoms with Crippen molar-refractivity contribution < 1.29 is 9.59 Å². The number of nitrogens with zero attached hydrogens (tertiary/aromatic N) is 3. The lowest BCUT2D eigenvalue weighted by molar-refractivity contribution is 0.0965. The third kappa shape index (κ3) is 3.10. The minimum absolute atomic E-state index is 0.0456. The number of fused-ring (bicyclic) bond motifs is 2. The minimum Gasteiger partial charge on any atom is -0.354 e. The molecular formula is C18H21N7O2S2. The summed E-state index contributed by atoms with van der Waals surface area (Å²) in [5.74, 6) is 0.245. The van der Waals surface area contributed by atoms with E-state index in [-0.39, 0.29) is 18.2 Å². The summed E-state index contributed by atoms with van der Waals surface area (Å²) in [5.41, 5.74) is 12.8. The molecular weight excluding hydrogens is 410 g/mol. The Labute approximate surface area is 174 Å². The van der Waals surface area contributed by atoms with E-state index in [1.807, 2.05) is 12.1 Å². The standard InChI is InChI=1S/C18H21N7O2S2/c1-21-16(27)15-7-10-13(29-15)3-2-12-9(6-14(28-12)11(26)8-20)18(10,4-5-19)17-22-24-25-23-17/h6-7H,2-5,8,19-20H2,1H3,(H,21,27)(H,22,23,24,25). The van der Waals surface area contributed by atoms with E-state index in [1.54, 1.807) is 7.05 Å². The lowest BCUT2D eigenvalue weighted by atomic mass is 9.72. The summed E-state index contributed by atoms with van der Waals surface area (Å²) in [6, 6.07) is 3.80. The van der Waals surface area contributed by atoms with Gasteiger partial charge in [-0.1, -0.05) is 5.21 Å². The number of amides is 1. The maximum absolute atomic E-state index is 12.3. The Morgan fingerprint density at radius 1 is 1.17 bits per heavy atom. The van der Waals surface area contributed by atoms with Crippen LogP contribution in [0, 0.1) is 0 Å². The van der Waals surface area contributed by atoms with Gasteiger partial charge in [-0.05, 0) is 49.1 Å². The van der Waals surface area contributed by atoms with Gasteiger partial charge in [-0.2, -0.15) is 5.21 Å². The zero-order valence-electron chi connectivity index (χ0n) is 15.8. The molecule has 3 aromatic heterocycles. The fourth-order valence-electron chi connectivity index (χ4n) is 3.98. The summed E-state index contributed by atoms with van der Waals surface area (Å²) < 4.78 is 0. The second-order valence-corrected chi connectivity index (χ2v) is 9.05. The number of hydrogen-bond acceptors (Lipinski definition) is 9. The van der Waals surface area contributed by atoms with Crippen LogP contribution in [0.1, 0.15) is 52.5 Å². The van der Waals surface area contributed by atoms with Crippen molar-refractivity contribution in [2.45, 2.75) is 24.7 Å². The van der Waals surface area contributed by atoms with Gasteiger partial charge in [0.1, 0.15) is 0 Å². The lowest BCUT2D eigenvalue weighted by Gasteiger charge is -2.30. The Bertz CT molecular complexity index is 992. The SMILES string of the molecule is CNC(=O)c1cc2c(s1)CCc1sc(C(=O)CN)cc1C2(CCN)c1nn[nH]n1. The number of aromatic amines is 1. The average Bonchev–Trinajstić information content (AvgIpc) is 3.48. The van der Waals surface area contributed by atoms with Crippen molar-refractivity contribution >= 4 is 34.4 Å². The number of hydrogen-bond donors (Lipinski definition) is 4. The Morgan fingerprint density at radius 3 is 2.38 bits per heavy atom. The van der Waals surface area contributed by atoms with Crippen molar-refractivity contribution in [1.82, 2.24) is 25.9 Å². The largest absolute Gasteiger partial charge is 0.354 e. The first kappa shape index (κ1) is 19.8. The summed E-state index contributed by atoms with van der Waals surface area (Å²) in [4.78, 5) is 28.1. The molecule has 1 unspecified atom stereocenters. The maximum Gasteiger partial charge on any atom is 0.261 e. The number of Topliss-reactive ketones (excluding diaryl/α,β-unsaturated/α-hetero) is 1. The van der Waals surface area contributed by atoms with Gasteiger partial charge in [0.05, 0.1) is 21.7 Å². The maximum atomic E-state index is 12.3. The molecule has 0 saturated carbocycles. The summed E-state index contributed by atoms with van der Waals surface area (Å²) >= 11 is 2.94. The molecule has 0 bridgehead atoms. The molecule has 0 aliphatic heterocycles. The number of aryl methyl sites for hydroxylation is 2. The molecule has 0 spiro atoms. The molecule has 29 heavy (non-hydrogen) atoms. The van der Waals surface area contributed by atoms with Crippen LogP contribution >= 0.6 is 22.7 Å². The van der Waals surface area contributed by atoms with Crippen LogP contribution in [0.3, 0.4) is 0 Å². The van der Waals surface area contributed by atoms with Gasteiger partial charge in [0.2, 0.25) is 0 Å². The highest BCUT2D eigenvalue weighted by Crippen LogP contribution is 2.49. The first-order chi connectivity index (χ1) is 14.0. The molecule has 0 fully saturated rings. The van der Waals surface area contributed by atoms with E-state index >= 15 is 0 Å². The van der Waals surface area contributed by atoms with E-state index in [0.29, 0.717) is 28.5 Å². The minimum atomic E-state index is -0.782. The van der Waals surface area contributed by atoms with Gasteiger partial charge in [-0.15, -0.1) is 32.9 Å². The molecule has 3 aromatic rings. The highest BCUT2D eigenvalue weighted by molar-refractivity contribution is 7.15. The van der Waals surface area contributed by atoms with Crippen molar-refractivity contribution in [2.24, 2.45) is 11.5 Å². The molecule has 1 amide bonds. The number of carbonyl (C=O) groups excluding carboxylic acids is 2. The second-order valence-electron chi connectivity index (χ2n) is 6.78. The van der Waals surface area contributed by atoms with Crippen molar-refractivity contribution in [2.75, 3.05) is 20.1 Å². The number of rotatable bonds is 6. The highest BCUT2D eigenvalue weighted by atomic mass is 32.1.